The molecule has 0 radical (unpaired) electrons. The summed E-state index contributed by atoms with van der Waals surface area (Å²) in [7, 11) is 0. The van der Waals surface area contributed by atoms with E-state index < -0.39 is 35.9 Å². The number of benzene rings is 1. The highest BCUT2D eigenvalue weighted by Crippen LogP contribution is 2.08. The molecule has 10 nitrogen and oxygen atoms in total. The first-order valence-corrected chi connectivity index (χ1v) is 10.3. The number of carbonyl (C=O) groups is 3. The van der Waals surface area contributed by atoms with Crippen molar-refractivity contribution in [2.24, 2.45) is 28.1 Å². The van der Waals surface area contributed by atoms with Crippen LogP contribution in [-0.2, 0) is 20.8 Å². The first-order chi connectivity index (χ1) is 14.6. The first-order valence-electron chi connectivity index (χ1n) is 10.3. The fourth-order valence-electron chi connectivity index (χ4n) is 2.98. The lowest BCUT2D eigenvalue weighted by atomic mass is 10.0. The van der Waals surface area contributed by atoms with Gasteiger partial charge in [0.15, 0.2) is 5.96 Å². The van der Waals surface area contributed by atoms with Crippen LogP contribution in [0, 0.1) is 5.92 Å². The molecule has 0 fully saturated rings. The summed E-state index contributed by atoms with van der Waals surface area (Å²) < 4.78 is 0. The lowest BCUT2D eigenvalue weighted by Crippen LogP contribution is -2.55. The van der Waals surface area contributed by atoms with Crippen molar-refractivity contribution in [3.05, 3.63) is 35.9 Å². The van der Waals surface area contributed by atoms with E-state index in [2.05, 4.69) is 15.6 Å². The second-order valence-electron chi connectivity index (χ2n) is 7.84. The van der Waals surface area contributed by atoms with Gasteiger partial charge < -0.3 is 32.9 Å². The maximum Gasteiger partial charge on any atom is 0.326 e. The fraction of sp³-hybridized carbons (Fsp3) is 0.524. The van der Waals surface area contributed by atoms with E-state index in [9.17, 15) is 19.5 Å². The zero-order valence-corrected chi connectivity index (χ0v) is 18.1. The van der Waals surface area contributed by atoms with Crippen molar-refractivity contribution >= 4 is 23.7 Å². The SMILES string of the molecule is CC(C)C[C@H](NC(=O)[C@H](N)Cc1ccccc1)C(=O)N[C@H](CCCN=C(N)N)C(=O)O. The van der Waals surface area contributed by atoms with E-state index in [0.717, 1.165) is 5.56 Å². The molecule has 3 atom stereocenters. The van der Waals surface area contributed by atoms with Gasteiger partial charge in [0.25, 0.3) is 0 Å². The lowest BCUT2D eigenvalue weighted by Gasteiger charge is -2.24. The minimum atomic E-state index is -1.17. The molecule has 0 bridgehead atoms. The standard InChI is InChI=1S/C21H34N6O4/c1-13(2)11-17(27-18(28)15(22)12-14-7-4-3-5-8-14)19(29)26-16(20(30)31)9-6-10-25-21(23)24/h3-5,7-8,13,15-17H,6,9-12,22H2,1-2H3,(H,26,29)(H,27,28)(H,30,31)(H4,23,24,25)/t15-,16-,17+/m1/s1. The zero-order valence-electron chi connectivity index (χ0n) is 18.1. The number of guanidine groups is 1. The van der Waals surface area contributed by atoms with Crippen LogP contribution < -0.4 is 27.8 Å². The van der Waals surface area contributed by atoms with E-state index in [1.807, 2.05) is 44.2 Å². The number of nitrogens with one attached hydrogen (secondary N) is 2. The molecule has 31 heavy (non-hydrogen) atoms. The second-order valence-corrected chi connectivity index (χ2v) is 7.84. The van der Waals surface area contributed by atoms with Crippen LogP contribution in [0.15, 0.2) is 35.3 Å². The van der Waals surface area contributed by atoms with Gasteiger partial charge in [0, 0.05) is 6.54 Å². The van der Waals surface area contributed by atoms with Crippen molar-refractivity contribution in [2.75, 3.05) is 6.54 Å². The van der Waals surface area contributed by atoms with E-state index in [0.29, 0.717) is 19.3 Å². The number of carboxylic acid groups (broad SMARTS) is 1. The average molecular weight is 435 g/mol. The molecule has 0 spiro atoms. The maximum absolute atomic E-state index is 12.8. The minimum absolute atomic E-state index is 0.0811. The highest BCUT2D eigenvalue weighted by Gasteiger charge is 2.28. The fourth-order valence-corrected chi connectivity index (χ4v) is 2.98. The highest BCUT2D eigenvalue weighted by atomic mass is 16.4. The molecule has 0 aliphatic heterocycles. The summed E-state index contributed by atoms with van der Waals surface area (Å²) in [5.41, 5.74) is 17.4. The maximum atomic E-state index is 12.8. The largest absolute Gasteiger partial charge is 0.480 e. The van der Waals surface area contributed by atoms with Crippen molar-refractivity contribution < 1.29 is 19.5 Å². The first kappa shape index (κ1) is 25.9. The molecule has 1 aromatic carbocycles. The molecule has 1 rings (SSSR count). The summed E-state index contributed by atoms with van der Waals surface area (Å²) in [6, 6.07) is 6.47. The number of nitrogens with zero attached hydrogens (tertiary/aromatic N) is 1. The number of hydrogen-bond donors (Lipinski definition) is 6. The van der Waals surface area contributed by atoms with E-state index in [-0.39, 0.29) is 24.8 Å². The highest BCUT2D eigenvalue weighted by molar-refractivity contribution is 5.91. The Morgan fingerprint density at radius 3 is 2.19 bits per heavy atom. The Hall–Kier alpha value is -3.14. The van der Waals surface area contributed by atoms with Crippen LogP contribution in [-0.4, -0.2) is 53.5 Å². The van der Waals surface area contributed by atoms with Crippen molar-refractivity contribution in [1.82, 2.24) is 10.6 Å². The topological polar surface area (TPSA) is 186 Å². The molecule has 172 valence electrons. The number of aliphatic carboxylic acids is 1. The normalized spacial score (nSPS) is 13.7. The Morgan fingerprint density at radius 1 is 1.03 bits per heavy atom. The van der Waals surface area contributed by atoms with Crippen molar-refractivity contribution in [2.45, 2.75) is 57.7 Å². The van der Waals surface area contributed by atoms with Crippen molar-refractivity contribution in [1.29, 1.82) is 0 Å². The van der Waals surface area contributed by atoms with Gasteiger partial charge in [-0.2, -0.15) is 0 Å². The van der Waals surface area contributed by atoms with Gasteiger partial charge in [-0.25, -0.2) is 4.79 Å². The summed E-state index contributed by atoms with van der Waals surface area (Å²) in [5, 5.41) is 14.6. The molecular weight excluding hydrogens is 400 g/mol. The van der Waals surface area contributed by atoms with Crippen molar-refractivity contribution in [3.63, 3.8) is 0 Å². The number of aliphatic imine (C=N–C) groups is 1. The molecule has 0 aliphatic rings. The van der Waals surface area contributed by atoms with Crippen LogP contribution in [0.3, 0.4) is 0 Å². The Bertz CT molecular complexity index is 749. The van der Waals surface area contributed by atoms with Crippen molar-refractivity contribution in [3.8, 4) is 0 Å². The van der Waals surface area contributed by atoms with Gasteiger partial charge >= 0.3 is 5.97 Å². The molecule has 0 heterocycles. The summed E-state index contributed by atoms with van der Waals surface area (Å²) >= 11 is 0. The van der Waals surface area contributed by atoms with Gasteiger partial charge in [-0.1, -0.05) is 44.2 Å². The smallest absolute Gasteiger partial charge is 0.326 e. The molecule has 9 N–H and O–H groups in total. The second kappa shape index (κ2) is 13.2. The third-order valence-corrected chi connectivity index (χ3v) is 4.54. The Balaban J connectivity index is 2.74. The van der Waals surface area contributed by atoms with Crippen LogP contribution >= 0.6 is 0 Å². The quantitative estimate of drug-likeness (QED) is 0.140. The van der Waals surface area contributed by atoms with E-state index in [1.54, 1.807) is 0 Å². The summed E-state index contributed by atoms with van der Waals surface area (Å²) in [6.45, 7) is 4.06. The zero-order chi connectivity index (χ0) is 23.4. The number of rotatable bonds is 13. The summed E-state index contributed by atoms with van der Waals surface area (Å²) in [5.74, 6) is -2.20. The average Bonchev–Trinajstić information content (AvgIpc) is 2.69. The number of hydrogen-bond acceptors (Lipinski definition) is 5. The number of carboxylic acids is 1. The Morgan fingerprint density at radius 2 is 1.65 bits per heavy atom. The summed E-state index contributed by atoms with van der Waals surface area (Å²) in [6.07, 6.45) is 1.19. The third kappa shape index (κ3) is 10.4. The molecular formula is C21H34N6O4. The van der Waals surface area contributed by atoms with Gasteiger partial charge in [0.2, 0.25) is 11.8 Å². The van der Waals surface area contributed by atoms with Gasteiger partial charge in [0.1, 0.15) is 12.1 Å². The number of nitrogens with two attached hydrogens (primary N) is 3. The predicted molar refractivity (Wildman–Crippen MR) is 119 cm³/mol. The van der Waals surface area contributed by atoms with E-state index in [1.165, 1.54) is 0 Å². The monoisotopic (exact) mass is 434 g/mol. The van der Waals surface area contributed by atoms with Gasteiger partial charge in [-0.05, 0) is 37.2 Å². The van der Waals surface area contributed by atoms with Crippen LogP contribution in [0.4, 0.5) is 0 Å². The van der Waals surface area contributed by atoms with E-state index in [4.69, 9.17) is 17.2 Å². The minimum Gasteiger partial charge on any atom is -0.480 e. The molecule has 0 aliphatic carbocycles. The molecule has 10 heteroatoms. The van der Waals surface area contributed by atoms with Gasteiger partial charge in [0.05, 0.1) is 6.04 Å². The van der Waals surface area contributed by atoms with Gasteiger partial charge in [-0.15, -0.1) is 0 Å². The lowest BCUT2D eigenvalue weighted by molar-refractivity contribution is -0.142. The molecule has 2 amide bonds. The molecule has 0 saturated heterocycles. The van der Waals surface area contributed by atoms with Crippen LogP contribution in [0.25, 0.3) is 0 Å². The van der Waals surface area contributed by atoms with E-state index >= 15 is 0 Å². The van der Waals surface area contributed by atoms with Crippen LogP contribution in [0.5, 0.6) is 0 Å². The predicted octanol–water partition coefficient (Wildman–Crippen LogP) is -0.290. The van der Waals surface area contributed by atoms with Crippen LogP contribution in [0.2, 0.25) is 0 Å². The Kier molecular flexibility index (Phi) is 11.0. The molecule has 0 unspecified atom stereocenters. The third-order valence-electron chi connectivity index (χ3n) is 4.54. The number of amides is 2. The molecule has 0 saturated carbocycles. The molecule has 0 aromatic heterocycles. The Labute approximate surface area is 182 Å². The van der Waals surface area contributed by atoms with Gasteiger partial charge in [-0.3, -0.25) is 14.6 Å². The summed E-state index contributed by atoms with van der Waals surface area (Å²) in [4.78, 5) is 40.7. The number of carbonyl (C=O) groups excluding carboxylic acids is 2. The molecule has 1 aromatic rings. The van der Waals surface area contributed by atoms with Crippen LogP contribution in [0.1, 0.15) is 38.7 Å².